The van der Waals surface area contributed by atoms with Gasteiger partial charge in [0, 0.05) is 12.8 Å². The highest BCUT2D eigenvalue weighted by Crippen LogP contribution is 2.27. The lowest BCUT2D eigenvalue weighted by Crippen LogP contribution is -2.32. The molecule has 1 aliphatic heterocycles. The number of nitrogens with zero attached hydrogens (tertiary/aromatic N) is 2. The minimum atomic E-state index is -0.838. The summed E-state index contributed by atoms with van der Waals surface area (Å²) in [6, 6.07) is 0. The van der Waals surface area contributed by atoms with Crippen LogP contribution in [0.4, 0.5) is 0 Å². The van der Waals surface area contributed by atoms with Gasteiger partial charge in [-0.2, -0.15) is 4.98 Å². The van der Waals surface area contributed by atoms with Crippen molar-refractivity contribution in [3.05, 3.63) is 11.7 Å². The van der Waals surface area contributed by atoms with Crippen molar-refractivity contribution in [3.8, 4) is 0 Å². The minimum absolute atomic E-state index is 0.100. The van der Waals surface area contributed by atoms with Gasteiger partial charge >= 0.3 is 0 Å². The summed E-state index contributed by atoms with van der Waals surface area (Å²) >= 11 is 0. The monoisotopic (exact) mass is 226 g/mol. The van der Waals surface area contributed by atoms with Gasteiger partial charge in [0.05, 0.1) is 24.7 Å². The molecular formula is C11H18N2O3. The van der Waals surface area contributed by atoms with Gasteiger partial charge in [-0.1, -0.05) is 12.1 Å². The van der Waals surface area contributed by atoms with Gasteiger partial charge in [0.15, 0.2) is 5.82 Å². The van der Waals surface area contributed by atoms with E-state index in [-0.39, 0.29) is 6.10 Å². The first kappa shape index (κ1) is 11.5. The molecule has 0 radical (unpaired) electrons. The van der Waals surface area contributed by atoms with Crippen molar-refractivity contribution in [2.45, 2.75) is 51.2 Å². The molecule has 0 aromatic carbocycles. The van der Waals surface area contributed by atoms with E-state index in [2.05, 4.69) is 17.1 Å². The predicted octanol–water partition coefficient (Wildman–Crippen LogP) is 1.10. The second kappa shape index (κ2) is 4.51. The van der Waals surface area contributed by atoms with Crippen molar-refractivity contribution in [1.29, 1.82) is 0 Å². The van der Waals surface area contributed by atoms with E-state index < -0.39 is 5.60 Å². The molecule has 1 aromatic heterocycles. The van der Waals surface area contributed by atoms with Crippen LogP contribution in [0, 0.1) is 0 Å². The topological polar surface area (TPSA) is 68.4 Å². The van der Waals surface area contributed by atoms with Crippen LogP contribution >= 0.6 is 0 Å². The summed E-state index contributed by atoms with van der Waals surface area (Å²) in [5.41, 5.74) is -0.838. The molecule has 1 aliphatic rings. The van der Waals surface area contributed by atoms with Crippen molar-refractivity contribution in [1.82, 2.24) is 10.1 Å². The Hall–Kier alpha value is -0.940. The number of rotatable bonds is 4. The molecule has 0 spiro atoms. The molecule has 1 N–H and O–H groups in total. The molecular weight excluding hydrogens is 208 g/mol. The second-order valence-electron chi connectivity index (χ2n) is 4.58. The standard InChI is InChI=1S/C11H18N2O3/c1-3-4-9-12-10(16-13-9)6-11(14)5-8(2)15-7-11/h8,14H,3-7H2,1-2H3. The maximum absolute atomic E-state index is 10.2. The molecule has 0 bridgehead atoms. The number of aliphatic hydroxyl groups is 1. The third kappa shape index (κ3) is 2.59. The van der Waals surface area contributed by atoms with Crippen molar-refractivity contribution in [2.75, 3.05) is 6.61 Å². The van der Waals surface area contributed by atoms with Crippen molar-refractivity contribution in [3.63, 3.8) is 0 Å². The van der Waals surface area contributed by atoms with E-state index >= 15 is 0 Å². The van der Waals surface area contributed by atoms with Gasteiger partial charge in [0.1, 0.15) is 0 Å². The lowest BCUT2D eigenvalue weighted by Gasteiger charge is -2.17. The van der Waals surface area contributed by atoms with E-state index in [0.29, 0.717) is 31.2 Å². The fourth-order valence-corrected chi connectivity index (χ4v) is 2.04. The first-order valence-electron chi connectivity index (χ1n) is 5.77. The van der Waals surface area contributed by atoms with Crippen LogP contribution in [0.3, 0.4) is 0 Å². The van der Waals surface area contributed by atoms with E-state index in [1.165, 1.54) is 0 Å². The first-order valence-corrected chi connectivity index (χ1v) is 5.77. The Morgan fingerprint density at radius 3 is 3.00 bits per heavy atom. The molecule has 1 aromatic rings. The third-order valence-corrected chi connectivity index (χ3v) is 2.77. The van der Waals surface area contributed by atoms with Crippen molar-refractivity contribution >= 4 is 0 Å². The van der Waals surface area contributed by atoms with Crippen molar-refractivity contribution in [2.24, 2.45) is 0 Å². The highest BCUT2D eigenvalue weighted by molar-refractivity contribution is 4.96. The number of aryl methyl sites for hydroxylation is 1. The summed E-state index contributed by atoms with van der Waals surface area (Å²) in [6.45, 7) is 4.37. The molecule has 90 valence electrons. The zero-order valence-corrected chi connectivity index (χ0v) is 9.77. The van der Waals surface area contributed by atoms with E-state index in [9.17, 15) is 5.11 Å². The van der Waals surface area contributed by atoms with E-state index in [4.69, 9.17) is 9.26 Å². The lowest BCUT2D eigenvalue weighted by molar-refractivity contribution is 0.0173. The van der Waals surface area contributed by atoms with E-state index in [0.717, 1.165) is 12.8 Å². The predicted molar refractivity (Wildman–Crippen MR) is 57.0 cm³/mol. The highest BCUT2D eigenvalue weighted by atomic mass is 16.5. The Bertz CT molecular complexity index is 353. The summed E-state index contributed by atoms with van der Waals surface area (Å²) in [6.07, 6.45) is 2.91. The van der Waals surface area contributed by atoms with E-state index in [1.807, 2.05) is 6.92 Å². The quantitative estimate of drug-likeness (QED) is 0.832. The molecule has 5 nitrogen and oxygen atoms in total. The van der Waals surface area contributed by atoms with Gasteiger partial charge < -0.3 is 14.4 Å². The van der Waals surface area contributed by atoms with Gasteiger partial charge in [-0.05, 0) is 13.3 Å². The maximum Gasteiger partial charge on any atom is 0.229 e. The molecule has 2 heterocycles. The molecule has 0 saturated carbocycles. The SMILES string of the molecule is CCCc1noc(CC2(O)COC(C)C2)n1. The fraction of sp³-hybridized carbons (Fsp3) is 0.818. The van der Waals surface area contributed by atoms with Gasteiger partial charge in [0.2, 0.25) is 5.89 Å². The zero-order valence-electron chi connectivity index (χ0n) is 9.77. The Labute approximate surface area is 94.8 Å². The maximum atomic E-state index is 10.2. The molecule has 1 fully saturated rings. The molecule has 0 aliphatic carbocycles. The molecule has 2 unspecified atom stereocenters. The molecule has 2 atom stereocenters. The normalized spacial score (nSPS) is 29.8. The van der Waals surface area contributed by atoms with Crippen molar-refractivity contribution < 1.29 is 14.4 Å². The van der Waals surface area contributed by atoms with Crippen LogP contribution in [0.5, 0.6) is 0 Å². The van der Waals surface area contributed by atoms with Crippen LogP contribution in [0.25, 0.3) is 0 Å². The Morgan fingerprint density at radius 2 is 2.38 bits per heavy atom. The summed E-state index contributed by atoms with van der Waals surface area (Å²) in [5, 5.41) is 14.1. The average Bonchev–Trinajstić information content (AvgIpc) is 2.75. The Morgan fingerprint density at radius 1 is 1.56 bits per heavy atom. The highest BCUT2D eigenvalue weighted by Gasteiger charge is 2.38. The van der Waals surface area contributed by atoms with Gasteiger partial charge in [-0.25, -0.2) is 0 Å². The summed E-state index contributed by atoms with van der Waals surface area (Å²) in [5.74, 6) is 1.22. The minimum Gasteiger partial charge on any atom is -0.387 e. The molecule has 2 rings (SSSR count). The number of hydrogen-bond donors (Lipinski definition) is 1. The van der Waals surface area contributed by atoms with Gasteiger partial charge in [-0.15, -0.1) is 0 Å². The third-order valence-electron chi connectivity index (χ3n) is 2.77. The lowest BCUT2D eigenvalue weighted by atomic mass is 9.97. The number of ether oxygens (including phenoxy) is 1. The van der Waals surface area contributed by atoms with Crippen LogP contribution in [-0.4, -0.2) is 33.6 Å². The van der Waals surface area contributed by atoms with E-state index in [1.54, 1.807) is 0 Å². The summed E-state index contributed by atoms with van der Waals surface area (Å²) in [7, 11) is 0. The molecule has 1 saturated heterocycles. The van der Waals surface area contributed by atoms with Crippen LogP contribution in [-0.2, 0) is 17.6 Å². The molecule has 5 heteroatoms. The number of aromatic nitrogens is 2. The Balaban J connectivity index is 1.97. The second-order valence-corrected chi connectivity index (χ2v) is 4.58. The number of hydrogen-bond acceptors (Lipinski definition) is 5. The zero-order chi connectivity index (χ0) is 11.6. The van der Waals surface area contributed by atoms with Crippen LogP contribution in [0.1, 0.15) is 38.4 Å². The van der Waals surface area contributed by atoms with Crippen LogP contribution in [0.15, 0.2) is 4.52 Å². The largest absolute Gasteiger partial charge is 0.387 e. The molecule has 16 heavy (non-hydrogen) atoms. The van der Waals surface area contributed by atoms with Crippen LogP contribution < -0.4 is 0 Å². The first-order chi connectivity index (χ1) is 7.61. The smallest absolute Gasteiger partial charge is 0.229 e. The van der Waals surface area contributed by atoms with Crippen LogP contribution in [0.2, 0.25) is 0 Å². The van der Waals surface area contributed by atoms with Gasteiger partial charge in [-0.3, -0.25) is 0 Å². The average molecular weight is 226 g/mol. The summed E-state index contributed by atoms with van der Waals surface area (Å²) in [4.78, 5) is 4.24. The summed E-state index contributed by atoms with van der Waals surface area (Å²) < 4.78 is 10.5. The Kier molecular flexibility index (Phi) is 3.25. The molecule has 0 amide bonds. The fourth-order valence-electron chi connectivity index (χ4n) is 2.04. The van der Waals surface area contributed by atoms with Gasteiger partial charge in [0.25, 0.3) is 0 Å².